The molecule has 0 saturated carbocycles. The van der Waals surface area contributed by atoms with E-state index in [4.69, 9.17) is 5.73 Å². The highest BCUT2D eigenvalue weighted by Gasteiger charge is 2.15. The second kappa shape index (κ2) is 3.62. The van der Waals surface area contributed by atoms with Gasteiger partial charge in [-0.2, -0.15) is 5.10 Å². The molecule has 2 rings (SSSR count). The lowest BCUT2D eigenvalue weighted by atomic mass is 10.3. The first kappa shape index (κ1) is 10.1. The molecule has 0 spiro atoms. The predicted molar refractivity (Wildman–Crippen MR) is 59.8 cm³/mol. The summed E-state index contributed by atoms with van der Waals surface area (Å²) in [6.07, 6.45) is 0. The molecule has 1 atom stereocenters. The van der Waals surface area contributed by atoms with Crippen LogP contribution >= 0.6 is 11.3 Å². The number of nitrogens with two attached hydrogens (primary N) is 1. The van der Waals surface area contributed by atoms with E-state index < -0.39 is 0 Å². The number of rotatable bonds is 2. The fraction of sp³-hybridized carbons (Fsp3) is 0.444. The third kappa shape index (κ3) is 1.85. The van der Waals surface area contributed by atoms with Gasteiger partial charge in [-0.3, -0.25) is 4.68 Å². The SMILES string of the molecule is Cc1cc(C)n(C(C)c2nnc(N)s2)n1. The molecular formula is C9H13N5S. The molecule has 2 aromatic heterocycles. The van der Waals surface area contributed by atoms with Crippen molar-refractivity contribution in [3.05, 3.63) is 22.5 Å². The van der Waals surface area contributed by atoms with Crippen molar-refractivity contribution >= 4 is 16.5 Å². The Kier molecular flexibility index (Phi) is 2.44. The average molecular weight is 223 g/mol. The van der Waals surface area contributed by atoms with E-state index in [0.29, 0.717) is 5.13 Å². The summed E-state index contributed by atoms with van der Waals surface area (Å²) in [5.74, 6) is 0. The molecule has 0 aliphatic heterocycles. The normalized spacial score (nSPS) is 13.0. The van der Waals surface area contributed by atoms with E-state index in [1.165, 1.54) is 11.3 Å². The van der Waals surface area contributed by atoms with Gasteiger partial charge in [0, 0.05) is 5.69 Å². The van der Waals surface area contributed by atoms with Crippen LogP contribution in [0, 0.1) is 13.8 Å². The summed E-state index contributed by atoms with van der Waals surface area (Å²) in [7, 11) is 0. The van der Waals surface area contributed by atoms with E-state index in [2.05, 4.69) is 15.3 Å². The smallest absolute Gasteiger partial charge is 0.203 e. The van der Waals surface area contributed by atoms with Crippen molar-refractivity contribution in [1.82, 2.24) is 20.0 Å². The van der Waals surface area contributed by atoms with Crippen LogP contribution in [0.3, 0.4) is 0 Å². The average Bonchev–Trinajstić information content (AvgIpc) is 2.71. The zero-order valence-corrected chi connectivity index (χ0v) is 9.75. The maximum absolute atomic E-state index is 5.55. The molecule has 0 radical (unpaired) electrons. The number of hydrogen-bond donors (Lipinski definition) is 1. The summed E-state index contributed by atoms with van der Waals surface area (Å²) in [6, 6.07) is 2.13. The Bertz CT molecular complexity index is 473. The molecule has 0 amide bonds. The number of aromatic nitrogens is 4. The van der Waals surface area contributed by atoms with Gasteiger partial charge in [0.2, 0.25) is 5.13 Å². The van der Waals surface area contributed by atoms with Crippen LogP contribution in [0.25, 0.3) is 0 Å². The van der Waals surface area contributed by atoms with E-state index in [0.717, 1.165) is 16.4 Å². The van der Waals surface area contributed by atoms with Crippen molar-refractivity contribution < 1.29 is 0 Å². The lowest BCUT2D eigenvalue weighted by Crippen LogP contribution is -2.10. The topological polar surface area (TPSA) is 69.6 Å². The van der Waals surface area contributed by atoms with Crippen LogP contribution in [0.5, 0.6) is 0 Å². The quantitative estimate of drug-likeness (QED) is 0.838. The van der Waals surface area contributed by atoms with Gasteiger partial charge in [0.15, 0.2) is 0 Å². The molecule has 0 aliphatic rings. The van der Waals surface area contributed by atoms with Crippen LogP contribution < -0.4 is 5.73 Å². The number of anilines is 1. The lowest BCUT2D eigenvalue weighted by Gasteiger charge is -2.10. The molecule has 15 heavy (non-hydrogen) atoms. The first-order valence-electron chi connectivity index (χ1n) is 4.69. The van der Waals surface area contributed by atoms with E-state index in [-0.39, 0.29) is 6.04 Å². The summed E-state index contributed by atoms with van der Waals surface area (Å²) in [4.78, 5) is 0. The fourth-order valence-electron chi connectivity index (χ4n) is 1.56. The molecule has 0 fully saturated rings. The van der Waals surface area contributed by atoms with Crippen molar-refractivity contribution in [1.29, 1.82) is 0 Å². The van der Waals surface area contributed by atoms with Crippen LogP contribution in [-0.4, -0.2) is 20.0 Å². The molecule has 5 nitrogen and oxygen atoms in total. The highest BCUT2D eigenvalue weighted by Crippen LogP contribution is 2.23. The van der Waals surface area contributed by atoms with Gasteiger partial charge in [0.05, 0.1) is 5.69 Å². The van der Waals surface area contributed by atoms with Crippen molar-refractivity contribution in [3.8, 4) is 0 Å². The van der Waals surface area contributed by atoms with Crippen LogP contribution in [0.15, 0.2) is 6.07 Å². The molecule has 0 saturated heterocycles. The van der Waals surface area contributed by atoms with Gasteiger partial charge in [0.1, 0.15) is 11.0 Å². The summed E-state index contributed by atoms with van der Waals surface area (Å²) in [6.45, 7) is 6.05. The highest BCUT2D eigenvalue weighted by molar-refractivity contribution is 7.15. The van der Waals surface area contributed by atoms with Gasteiger partial charge in [-0.15, -0.1) is 10.2 Å². The highest BCUT2D eigenvalue weighted by atomic mass is 32.1. The molecule has 80 valence electrons. The zero-order valence-electron chi connectivity index (χ0n) is 8.93. The summed E-state index contributed by atoms with van der Waals surface area (Å²) < 4.78 is 1.94. The Morgan fingerprint density at radius 3 is 2.60 bits per heavy atom. The molecule has 6 heteroatoms. The Hall–Kier alpha value is -1.43. The zero-order chi connectivity index (χ0) is 11.0. The molecule has 1 unspecified atom stereocenters. The number of hydrogen-bond acceptors (Lipinski definition) is 5. The fourth-order valence-corrected chi connectivity index (χ4v) is 2.21. The summed E-state index contributed by atoms with van der Waals surface area (Å²) in [5.41, 5.74) is 7.68. The van der Waals surface area contributed by atoms with E-state index in [1.807, 2.05) is 31.5 Å². The summed E-state index contributed by atoms with van der Waals surface area (Å²) >= 11 is 1.40. The molecule has 0 aliphatic carbocycles. The monoisotopic (exact) mass is 223 g/mol. The second-order valence-corrected chi connectivity index (χ2v) is 4.57. The van der Waals surface area contributed by atoms with Crippen LogP contribution in [0.2, 0.25) is 0 Å². The maximum Gasteiger partial charge on any atom is 0.203 e. The number of nitrogens with zero attached hydrogens (tertiary/aromatic N) is 4. The van der Waals surface area contributed by atoms with Crippen LogP contribution in [-0.2, 0) is 0 Å². The van der Waals surface area contributed by atoms with Crippen LogP contribution in [0.1, 0.15) is 29.4 Å². The Balaban J connectivity index is 2.35. The Morgan fingerprint density at radius 2 is 2.13 bits per heavy atom. The largest absolute Gasteiger partial charge is 0.374 e. The van der Waals surface area contributed by atoms with Crippen molar-refractivity contribution in [2.24, 2.45) is 0 Å². The minimum Gasteiger partial charge on any atom is -0.374 e. The van der Waals surface area contributed by atoms with Gasteiger partial charge in [0.25, 0.3) is 0 Å². The minimum absolute atomic E-state index is 0.0912. The van der Waals surface area contributed by atoms with Crippen molar-refractivity contribution in [3.63, 3.8) is 0 Å². The minimum atomic E-state index is 0.0912. The molecule has 2 heterocycles. The lowest BCUT2D eigenvalue weighted by molar-refractivity contribution is 0.540. The molecule has 2 N–H and O–H groups in total. The van der Waals surface area contributed by atoms with E-state index in [9.17, 15) is 0 Å². The standard InChI is InChI=1S/C9H13N5S/c1-5-4-6(2)14(13-5)7(3)8-11-12-9(10)15-8/h4,7H,1-3H3,(H2,10,12). The third-order valence-corrected chi connectivity index (χ3v) is 3.15. The van der Waals surface area contributed by atoms with Gasteiger partial charge >= 0.3 is 0 Å². The van der Waals surface area contributed by atoms with Gasteiger partial charge in [-0.05, 0) is 26.8 Å². The second-order valence-electron chi connectivity index (χ2n) is 3.53. The maximum atomic E-state index is 5.55. The molecule has 0 bridgehead atoms. The molecule has 2 aromatic rings. The van der Waals surface area contributed by atoms with Gasteiger partial charge in [-0.25, -0.2) is 0 Å². The van der Waals surface area contributed by atoms with Crippen molar-refractivity contribution in [2.75, 3.05) is 5.73 Å². The number of aryl methyl sites for hydroxylation is 2. The Labute approximate surface area is 91.9 Å². The van der Waals surface area contributed by atoms with Crippen LogP contribution in [0.4, 0.5) is 5.13 Å². The van der Waals surface area contributed by atoms with Gasteiger partial charge < -0.3 is 5.73 Å². The first-order valence-corrected chi connectivity index (χ1v) is 5.51. The predicted octanol–water partition coefficient (Wildman–Crippen LogP) is 1.54. The van der Waals surface area contributed by atoms with Gasteiger partial charge in [-0.1, -0.05) is 11.3 Å². The van der Waals surface area contributed by atoms with E-state index in [1.54, 1.807) is 0 Å². The third-order valence-electron chi connectivity index (χ3n) is 2.23. The summed E-state index contributed by atoms with van der Waals surface area (Å²) in [5, 5.41) is 13.6. The number of nitrogen functional groups attached to an aromatic ring is 1. The first-order chi connectivity index (χ1) is 7.08. The Morgan fingerprint density at radius 1 is 1.40 bits per heavy atom. The molecule has 0 aromatic carbocycles. The van der Waals surface area contributed by atoms with Crippen molar-refractivity contribution in [2.45, 2.75) is 26.8 Å². The van der Waals surface area contributed by atoms with E-state index >= 15 is 0 Å². The molecular weight excluding hydrogens is 210 g/mol.